The van der Waals surface area contributed by atoms with Crippen molar-refractivity contribution >= 4 is 16.8 Å². The number of aliphatic hydroxyl groups is 1. The van der Waals surface area contributed by atoms with E-state index in [1.165, 1.54) is 0 Å². The van der Waals surface area contributed by atoms with Gasteiger partial charge in [-0.25, -0.2) is 0 Å². The molecule has 20 heavy (non-hydrogen) atoms. The van der Waals surface area contributed by atoms with Crippen LogP contribution in [0.2, 0.25) is 0 Å². The van der Waals surface area contributed by atoms with Crippen LogP contribution in [0.3, 0.4) is 0 Å². The number of amides is 1. The first-order valence-corrected chi connectivity index (χ1v) is 7.18. The number of rotatable bonds is 2. The highest BCUT2D eigenvalue weighted by molar-refractivity contribution is 6.07. The molecule has 0 saturated heterocycles. The third-order valence-corrected chi connectivity index (χ3v) is 4.17. The third-order valence-electron chi connectivity index (χ3n) is 4.17. The number of aryl methyl sites for hydroxylation is 1. The van der Waals surface area contributed by atoms with Gasteiger partial charge in [0.1, 0.15) is 0 Å². The number of nitrogens with zero attached hydrogens (tertiary/aromatic N) is 1. The maximum atomic E-state index is 12.4. The van der Waals surface area contributed by atoms with Crippen molar-refractivity contribution in [3.8, 4) is 0 Å². The topological polar surface area (TPSA) is 54.3 Å². The van der Waals surface area contributed by atoms with E-state index in [9.17, 15) is 9.90 Å². The van der Waals surface area contributed by atoms with Gasteiger partial charge in [0.2, 0.25) is 0 Å². The van der Waals surface area contributed by atoms with Gasteiger partial charge in [0, 0.05) is 30.2 Å². The zero-order valence-electron chi connectivity index (χ0n) is 11.7. The molecule has 3 rings (SSSR count). The second-order valence-electron chi connectivity index (χ2n) is 5.65. The van der Waals surface area contributed by atoms with Gasteiger partial charge in [0.05, 0.1) is 11.7 Å². The van der Waals surface area contributed by atoms with Crippen LogP contribution >= 0.6 is 0 Å². The molecule has 1 aliphatic carbocycles. The Balaban J connectivity index is 1.79. The Morgan fingerprint density at radius 2 is 1.95 bits per heavy atom. The first-order chi connectivity index (χ1) is 9.65. The smallest absolute Gasteiger partial charge is 0.253 e. The van der Waals surface area contributed by atoms with Gasteiger partial charge in [0.25, 0.3) is 5.91 Å². The average Bonchev–Trinajstić information content (AvgIpc) is 2.79. The summed E-state index contributed by atoms with van der Waals surface area (Å²) in [4.78, 5) is 12.4. The molecular formula is C16H20N2O2. The molecule has 1 aromatic heterocycles. The molecule has 1 heterocycles. The van der Waals surface area contributed by atoms with Crippen LogP contribution in [0.15, 0.2) is 30.5 Å². The van der Waals surface area contributed by atoms with Crippen LogP contribution in [-0.2, 0) is 7.05 Å². The lowest BCUT2D eigenvalue weighted by atomic mass is 9.93. The molecule has 0 spiro atoms. The molecule has 1 fully saturated rings. The molecule has 2 N–H and O–H groups in total. The van der Waals surface area contributed by atoms with E-state index < -0.39 is 0 Å². The molecular weight excluding hydrogens is 252 g/mol. The predicted molar refractivity (Wildman–Crippen MR) is 78.6 cm³/mol. The lowest BCUT2D eigenvalue weighted by Crippen LogP contribution is -2.38. The summed E-state index contributed by atoms with van der Waals surface area (Å²) in [6.45, 7) is 0. The largest absolute Gasteiger partial charge is 0.393 e. The number of aromatic nitrogens is 1. The second kappa shape index (κ2) is 5.29. The summed E-state index contributed by atoms with van der Waals surface area (Å²) in [5.41, 5.74) is 1.80. The first kappa shape index (κ1) is 13.2. The van der Waals surface area contributed by atoms with Crippen molar-refractivity contribution < 1.29 is 9.90 Å². The Morgan fingerprint density at radius 3 is 2.70 bits per heavy atom. The minimum atomic E-state index is -0.194. The predicted octanol–water partition coefficient (Wildman–Crippen LogP) is 2.21. The molecule has 4 heteroatoms. The summed E-state index contributed by atoms with van der Waals surface area (Å²) >= 11 is 0. The molecule has 106 valence electrons. The highest BCUT2D eigenvalue weighted by atomic mass is 16.3. The monoisotopic (exact) mass is 272 g/mol. The Hall–Kier alpha value is -1.81. The number of carbonyl (C=O) groups is 1. The molecule has 0 aliphatic heterocycles. The SMILES string of the molecule is Cn1cc(C(=O)NC2CCC(O)CC2)c2ccccc21. The summed E-state index contributed by atoms with van der Waals surface area (Å²) in [7, 11) is 1.95. The lowest BCUT2D eigenvalue weighted by molar-refractivity contribution is 0.0869. The summed E-state index contributed by atoms with van der Waals surface area (Å²) in [6.07, 6.45) is 4.97. The number of hydrogen-bond donors (Lipinski definition) is 2. The minimum absolute atomic E-state index is 0.0109. The van der Waals surface area contributed by atoms with E-state index in [0.29, 0.717) is 0 Å². The normalized spacial score (nSPS) is 22.9. The van der Waals surface area contributed by atoms with E-state index in [-0.39, 0.29) is 18.1 Å². The van der Waals surface area contributed by atoms with Crippen LogP contribution in [-0.4, -0.2) is 27.7 Å². The Labute approximate surface area is 118 Å². The summed E-state index contributed by atoms with van der Waals surface area (Å²) in [6, 6.07) is 8.12. The van der Waals surface area contributed by atoms with Crippen LogP contribution in [0.1, 0.15) is 36.0 Å². The highest BCUT2D eigenvalue weighted by Crippen LogP contribution is 2.22. The molecule has 4 nitrogen and oxygen atoms in total. The van der Waals surface area contributed by atoms with Crippen molar-refractivity contribution in [3.63, 3.8) is 0 Å². The summed E-state index contributed by atoms with van der Waals surface area (Å²) in [5.74, 6) is -0.0109. The number of benzene rings is 1. The maximum Gasteiger partial charge on any atom is 0.253 e. The Bertz CT molecular complexity index is 624. The van der Waals surface area contributed by atoms with E-state index in [4.69, 9.17) is 0 Å². The number of para-hydroxylation sites is 1. The Morgan fingerprint density at radius 1 is 1.25 bits per heavy atom. The molecule has 0 unspecified atom stereocenters. The summed E-state index contributed by atoms with van der Waals surface area (Å²) in [5, 5.41) is 13.6. The van der Waals surface area contributed by atoms with Crippen molar-refractivity contribution in [2.45, 2.75) is 37.8 Å². The van der Waals surface area contributed by atoms with Crippen LogP contribution in [0.5, 0.6) is 0 Å². The van der Waals surface area contributed by atoms with E-state index in [1.807, 2.05) is 42.1 Å². The van der Waals surface area contributed by atoms with Crippen molar-refractivity contribution in [1.29, 1.82) is 0 Å². The van der Waals surface area contributed by atoms with E-state index >= 15 is 0 Å². The molecule has 0 radical (unpaired) electrons. The molecule has 0 bridgehead atoms. The van der Waals surface area contributed by atoms with Gasteiger partial charge in [-0.05, 0) is 31.7 Å². The zero-order chi connectivity index (χ0) is 14.1. The average molecular weight is 272 g/mol. The molecule has 0 atom stereocenters. The van der Waals surface area contributed by atoms with Gasteiger partial charge in [0.15, 0.2) is 0 Å². The van der Waals surface area contributed by atoms with Crippen molar-refractivity contribution in [1.82, 2.24) is 9.88 Å². The third kappa shape index (κ3) is 2.43. The van der Waals surface area contributed by atoms with Crippen molar-refractivity contribution in [2.75, 3.05) is 0 Å². The number of fused-ring (bicyclic) bond motifs is 1. The molecule has 1 aliphatic rings. The number of hydrogen-bond acceptors (Lipinski definition) is 2. The zero-order valence-corrected chi connectivity index (χ0v) is 11.7. The minimum Gasteiger partial charge on any atom is -0.393 e. The van der Waals surface area contributed by atoms with Crippen LogP contribution in [0.25, 0.3) is 10.9 Å². The van der Waals surface area contributed by atoms with Crippen molar-refractivity contribution in [2.24, 2.45) is 7.05 Å². The van der Waals surface area contributed by atoms with E-state index in [2.05, 4.69) is 5.32 Å². The van der Waals surface area contributed by atoms with Gasteiger partial charge in [-0.15, -0.1) is 0 Å². The van der Waals surface area contributed by atoms with Gasteiger partial charge < -0.3 is 15.0 Å². The molecule has 1 amide bonds. The van der Waals surface area contributed by atoms with Gasteiger partial charge in [-0.2, -0.15) is 0 Å². The quantitative estimate of drug-likeness (QED) is 0.880. The van der Waals surface area contributed by atoms with E-state index in [0.717, 1.165) is 42.1 Å². The van der Waals surface area contributed by atoms with Gasteiger partial charge in [-0.3, -0.25) is 4.79 Å². The van der Waals surface area contributed by atoms with Crippen molar-refractivity contribution in [3.05, 3.63) is 36.0 Å². The first-order valence-electron chi connectivity index (χ1n) is 7.18. The van der Waals surface area contributed by atoms with Gasteiger partial charge in [-0.1, -0.05) is 18.2 Å². The lowest BCUT2D eigenvalue weighted by Gasteiger charge is -2.26. The highest BCUT2D eigenvalue weighted by Gasteiger charge is 2.22. The Kier molecular flexibility index (Phi) is 3.49. The number of carbonyl (C=O) groups excluding carboxylic acids is 1. The maximum absolute atomic E-state index is 12.4. The fraction of sp³-hybridized carbons (Fsp3) is 0.438. The van der Waals surface area contributed by atoms with E-state index in [1.54, 1.807) is 0 Å². The van der Waals surface area contributed by atoms with Crippen LogP contribution in [0, 0.1) is 0 Å². The van der Waals surface area contributed by atoms with Gasteiger partial charge >= 0.3 is 0 Å². The molecule has 1 aromatic carbocycles. The standard InChI is InChI=1S/C16H20N2O2/c1-18-10-14(13-4-2-3-5-15(13)18)16(20)17-11-6-8-12(19)9-7-11/h2-5,10-12,19H,6-9H2,1H3,(H,17,20). The molecule has 1 saturated carbocycles. The van der Waals surface area contributed by atoms with Crippen LogP contribution in [0.4, 0.5) is 0 Å². The van der Waals surface area contributed by atoms with Crippen LogP contribution < -0.4 is 5.32 Å². The fourth-order valence-corrected chi connectivity index (χ4v) is 3.01. The number of aliphatic hydroxyl groups excluding tert-OH is 1. The number of nitrogens with one attached hydrogen (secondary N) is 1. The fourth-order valence-electron chi connectivity index (χ4n) is 3.01. The second-order valence-corrected chi connectivity index (χ2v) is 5.65. The molecule has 2 aromatic rings. The summed E-state index contributed by atoms with van der Waals surface area (Å²) < 4.78 is 1.98.